The maximum absolute atomic E-state index is 11.8. The summed E-state index contributed by atoms with van der Waals surface area (Å²) in [4.78, 5) is 11.8. The van der Waals surface area contributed by atoms with Gasteiger partial charge >= 0.3 is 0 Å². The van der Waals surface area contributed by atoms with E-state index in [1.807, 2.05) is 0 Å². The number of hydrogen-bond acceptors (Lipinski definition) is 2. The molecule has 0 aliphatic rings. The van der Waals surface area contributed by atoms with Gasteiger partial charge < -0.3 is 0 Å². The highest BCUT2D eigenvalue weighted by molar-refractivity contribution is 8.24. The van der Waals surface area contributed by atoms with Gasteiger partial charge in [-0.2, -0.15) is 0 Å². The van der Waals surface area contributed by atoms with Crippen LogP contribution >= 0.6 is 68.1 Å². The van der Waals surface area contributed by atoms with Crippen LogP contribution in [0.4, 0.5) is 0 Å². The molecule has 0 amide bonds. The molecule has 0 heterocycles. The number of hydrogen-bond donors (Lipinski definition) is 0. The minimum Gasteiger partial charge on any atom is -0.290 e. The van der Waals surface area contributed by atoms with Crippen LogP contribution in [0, 0.1) is 0 Å². The third-order valence-electron chi connectivity index (χ3n) is 1.55. The minimum absolute atomic E-state index is 0.0685. The first-order valence-electron chi connectivity index (χ1n) is 3.56. The lowest BCUT2D eigenvalue weighted by atomic mass is 10.1. The lowest BCUT2D eigenvalue weighted by Crippen LogP contribution is -2.21. The van der Waals surface area contributed by atoms with Crippen LogP contribution in [-0.4, -0.2) is 9.45 Å². The normalized spacial score (nSPS) is 11.5. The van der Waals surface area contributed by atoms with Gasteiger partial charge in [-0.25, -0.2) is 0 Å². The highest BCUT2D eigenvalue weighted by Gasteiger charge is 2.37. The first-order valence-corrected chi connectivity index (χ1v) is 6.72. The van der Waals surface area contributed by atoms with Crippen LogP contribution in [0.2, 0.25) is 10.0 Å². The van der Waals surface area contributed by atoms with Crippen molar-refractivity contribution >= 4 is 73.8 Å². The first kappa shape index (κ1) is 13.8. The molecule has 0 radical (unpaired) electrons. The van der Waals surface area contributed by atoms with E-state index in [9.17, 15) is 4.79 Å². The predicted octanol–water partition coefficient (Wildman–Crippen LogP) is 5.19. The van der Waals surface area contributed by atoms with Crippen LogP contribution < -0.4 is 0 Å². The van der Waals surface area contributed by atoms with Gasteiger partial charge in [0.25, 0.3) is 0 Å². The summed E-state index contributed by atoms with van der Waals surface area (Å²) in [6.07, 6.45) is 0. The van der Waals surface area contributed by atoms with Crippen molar-refractivity contribution in [3.63, 3.8) is 0 Å². The van der Waals surface area contributed by atoms with Crippen molar-refractivity contribution in [2.24, 2.45) is 0 Å². The molecule has 1 aromatic carbocycles. The van der Waals surface area contributed by atoms with E-state index in [1.165, 1.54) is 12.1 Å². The van der Waals surface area contributed by atoms with Gasteiger partial charge in [0.2, 0.25) is 9.45 Å². The zero-order chi connectivity index (χ0) is 11.6. The van der Waals surface area contributed by atoms with Crippen LogP contribution in [0.3, 0.4) is 0 Å². The van der Waals surface area contributed by atoms with E-state index in [-0.39, 0.29) is 15.6 Å². The van der Waals surface area contributed by atoms with Crippen molar-refractivity contribution in [2.75, 3.05) is 0 Å². The van der Waals surface area contributed by atoms with E-state index >= 15 is 0 Å². The number of benzene rings is 1. The van der Waals surface area contributed by atoms with Crippen molar-refractivity contribution in [3.05, 3.63) is 33.8 Å². The summed E-state index contributed by atoms with van der Waals surface area (Å²) >= 11 is 23.0. The van der Waals surface area contributed by atoms with E-state index < -0.39 is 9.45 Å². The van der Waals surface area contributed by atoms with Gasteiger partial charge in [0.05, 0.1) is 15.6 Å². The van der Waals surface area contributed by atoms with Gasteiger partial charge in [0, 0.05) is 0 Å². The fourth-order valence-corrected chi connectivity index (χ4v) is 2.04. The molecule has 0 fully saturated rings. The molecule has 0 aliphatic heterocycles. The van der Waals surface area contributed by atoms with Crippen LogP contribution in [0.1, 0.15) is 10.4 Å². The molecule has 1 nitrogen and oxygen atoms in total. The fourth-order valence-electron chi connectivity index (χ4n) is 0.895. The van der Waals surface area contributed by atoms with E-state index in [1.54, 1.807) is 6.07 Å². The predicted molar refractivity (Wildman–Crippen MR) is 68.7 cm³/mol. The molecule has 0 spiro atoms. The van der Waals surface area contributed by atoms with Crippen LogP contribution in [0.5, 0.6) is 0 Å². The molecule has 7 heteroatoms. The summed E-state index contributed by atoms with van der Waals surface area (Å²) in [5, 5.41) is 0.368. The van der Waals surface area contributed by atoms with Gasteiger partial charge in [0.1, 0.15) is 0 Å². The maximum atomic E-state index is 11.8. The summed E-state index contributed by atoms with van der Waals surface area (Å²) in [5.74, 6) is -0.638. The molecule has 1 rings (SSSR count). The summed E-state index contributed by atoms with van der Waals surface area (Å²) < 4.78 is -1.80. The van der Waals surface area contributed by atoms with Crippen LogP contribution in [0.15, 0.2) is 18.2 Å². The summed E-state index contributed by atoms with van der Waals surface area (Å²) in [7, 11) is 5.87. The Morgan fingerprint density at radius 1 is 1.20 bits per heavy atom. The fraction of sp³-hybridized carbons (Fsp3) is 0.125. The lowest BCUT2D eigenvalue weighted by molar-refractivity contribution is 0.0999. The van der Waals surface area contributed by atoms with E-state index in [2.05, 4.69) is 0 Å². The molecule has 0 saturated heterocycles. The number of rotatable bonds is 3. The Morgan fingerprint density at radius 3 is 2.07 bits per heavy atom. The zero-order valence-corrected chi connectivity index (χ0v) is 11.5. The topological polar surface area (TPSA) is 17.1 Å². The molecule has 0 aliphatic carbocycles. The summed E-state index contributed by atoms with van der Waals surface area (Å²) in [5.41, 5.74) is 0.0685. The maximum Gasteiger partial charge on any atom is 0.239 e. The molecule has 1 aromatic rings. The molecule has 0 N–H and O–H groups in total. The molecule has 0 saturated carbocycles. The Balaban J connectivity index is 3.23. The van der Waals surface area contributed by atoms with E-state index in [0.29, 0.717) is 11.0 Å². The molecular weight excluding hydrogens is 321 g/mol. The Morgan fingerprint density at radius 2 is 1.67 bits per heavy atom. The number of halogens is 5. The molecule has 0 unspecified atom stereocenters. The van der Waals surface area contributed by atoms with Crippen molar-refractivity contribution in [3.8, 4) is 0 Å². The number of carbonyl (C=O) groups excluding carboxylic acids is 1. The van der Waals surface area contributed by atoms with E-state index in [4.69, 9.17) is 57.1 Å². The first-order chi connectivity index (χ1) is 6.90. The number of Topliss-reactive ketones (excluding diaryl/α,β-unsaturated/α-hetero) is 1. The number of carbonyl (C=O) groups is 1. The van der Waals surface area contributed by atoms with Gasteiger partial charge in [-0.1, -0.05) is 52.5 Å². The molecule has 82 valence electrons. The Kier molecular flexibility index (Phi) is 4.90. The largest absolute Gasteiger partial charge is 0.290 e. The second-order valence-electron chi connectivity index (χ2n) is 2.52. The Labute approximate surface area is 115 Å². The van der Waals surface area contributed by atoms with Crippen molar-refractivity contribution < 1.29 is 4.79 Å². The number of alkyl halides is 2. The van der Waals surface area contributed by atoms with E-state index in [0.717, 1.165) is 0 Å². The third-order valence-corrected chi connectivity index (χ3v) is 4.53. The Hall–Kier alpha value is 0.690. The van der Waals surface area contributed by atoms with Crippen molar-refractivity contribution in [1.82, 2.24) is 0 Å². The summed E-state index contributed by atoms with van der Waals surface area (Å²) in [6.45, 7) is 0. The third kappa shape index (κ3) is 3.09. The van der Waals surface area contributed by atoms with Gasteiger partial charge in [-0.05, 0) is 33.8 Å². The quantitative estimate of drug-likeness (QED) is 0.562. The second-order valence-corrected chi connectivity index (χ2v) is 6.34. The average molecular weight is 324 g/mol. The molecule has 15 heavy (non-hydrogen) atoms. The summed E-state index contributed by atoms with van der Waals surface area (Å²) in [6, 6.07) is 4.65. The molecule has 0 atom stereocenters. The van der Waals surface area contributed by atoms with Crippen LogP contribution in [0.25, 0.3) is 0 Å². The highest BCUT2D eigenvalue weighted by atomic mass is 35.7. The van der Waals surface area contributed by atoms with Crippen molar-refractivity contribution in [1.29, 1.82) is 0 Å². The lowest BCUT2D eigenvalue weighted by Gasteiger charge is -2.15. The van der Waals surface area contributed by atoms with Crippen molar-refractivity contribution in [2.45, 2.75) is 3.67 Å². The monoisotopic (exact) mass is 322 g/mol. The number of ketones is 1. The average Bonchev–Trinajstić information content (AvgIpc) is 2.17. The highest BCUT2D eigenvalue weighted by Crippen LogP contribution is 2.42. The molecule has 0 aromatic heterocycles. The van der Waals surface area contributed by atoms with Gasteiger partial charge in [0.15, 0.2) is 0 Å². The van der Waals surface area contributed by atoms with Gasteiger partial charge in [-0.3, -0.25) is 4.79 Å². The standard InChI is InChI=1S/C8H3Cl5OS/c9-4-2-1-3-5(10)6(4)7(14)8(11,12)15-13/h1-3H. The second kappa shape index (κ2) is 5.35. The SMILES string of the molecule is O=C(c1c(Cl)cccc1Cl)C(Cl)(Cl)SCl. The molecular formula is C8H3Cl5OS. The minimum atomic E-state index is -1.80. The van der Waals surface area contributed by atoms with Gasteiger partial charge in [-0.15, -0.1) is 0 Å². The molecule has 0 bridgehead atoms. The Bertz CT molecular complexity index is 372. The van der Waals surface area contributed by atoms with Crippen LogP contribution in [-0.2, 0) is 0 Å². The zero-order valence-electron chi connectivity index (χ0n) is 6.94. The smallest absolute Gasteiger partial charge is 0.239 e.